The Morgan fingerprint density at radius 1 is 1.24 bits per heavy atom. The summed E-state index contributed by atoms with van der Waals surface area (Å²) in [5.74, 6) is 2.00. The molecule has 1 fully saturated rings. The highest BCUT2D eigenvalue weighted by Gasteiger charge is 2.28. The minimum atomic E-state index is -3.83. The molecule has 2 heterocycles. The molecule has 8 nitrogen and oxygen atoms in total. The van der Waals surface area contributed by atoms with Gasteiger partial charge in [0.05, 0.1) is 5.69 Å². The van der Waals surface area contributed by atoms with Crippen molar-refractivity contribution >= 4 is 15.7 Å². The first-order valence-corrected chi connectivity index (χ1v) is 9.41. The third kappa shape index (κ3) is 2.91. The van der Waals surface area contributed by atoms with Crippen LogP contribution in [0.1, 0.15) is 36.0 Å². The summed E-state index contributed by atoms with van der Waals surface area (Å²) >= 11 is 0. The summed E-state index contributed by atoms with van der Waals surface area (Å²) in [6, 6.07) is 7.03. The maximum absolute atomic E-state index is 12.8. The van der Waals surface area contributed by atoms with Crippen molar-refractivity contribution in [3.05, 3.63) is 41.5 Å². The van der Waals surface area contributed by atoms with Crippen molar-refractivity contribution in [3.8, 4) is 11.4 Å². The van der Waals surface area contributed by atoms with E-state index in [1.54, 1.807) is 32.0 Å². The summed E-state index contributed by atoms with van der Waals surface area (Å²) in [7, 11) is -3.83. The third-order valence-corrected chi connectivity index (χ3v) is 5.72. The van der Waals surface area contributed by atoms with Crippen LogP contribution in [-0.4, -0.2) is 28.8 Å². The molecule has 3 aromatic rings. The highest BCUT2D eigenvalue weighted by Crippen LogP contribution is 2.39. The molecule has 2 N–H and O–H groups in total. The Morgan fingerprint density at radius 2 is 2.00 bits per heavy atom. The minimum absolute atomic E-state index is 0.0518. The van der Waals surface area contributed by atoms with Gasteiger partial charge in [-0.1, -0.05) is 17.3 Å². The van der Waals surface area contributed by atoms with Crippen molar-refractivity contribution in [2.45, 2.75) is 37.5 Å². The van der Waals surface area contributed by atoms with Crippen LogP contribution in [0.5, 0.6) is 0 Å². The second-order valence-electron chi connectivity index (χ2n) is 6.12. The van der Waals surface area contributed by atoms with E-state index in [4.69, 9.17) is 4.52 Å². The standard InChI is InChI=1S/C16H17N5O3S/c1-9-14(10(2)24-20-9)25(22,23)21-13-6-4-3-5-12(13)16-17-15(18-19-16)11-7-8-11/h3-6,11,21H,7-8H2,1-2H3,(H,17,18,19). The van der Waals surface area contributed by atoms with Gasteiger partial charge < -0.3 is 4.52 Å². The Kier molecular flexibility index (Phi) is 3.60. The Balaban J connectivity index is 1.71. The second-order valence-corrected chi connectivity index (χ2v) is 7.74. The van der Waals surface area contributed by atoms with Gasteiger partial charge in [-0.3, -0.25) is 9.82 Å². The molecule has 1 aliphatic rings. The van der Waals surface area contributed by atoms with Gasteiger partial charge in [0.15, 0.2) is 16.5 Å². The van der Waals surface area contributed by atoms with Crippen molar-refractivity contribution in [1.82, 2.24) is 20.3 Å². The lowest BCUT2D eigenvalue weighted by molar-refractivity contribution is 0.390. The van der Waals surface area contributed by atoms with Crippen molar-refractivity contribution in [2.75, 3.05) is 4.72 Å². The normalized spacial score (nSPS) is 14.6. The fourth-order valence-corrected chi connectivity index (χ4v) is 4.17. The lowest BCUT2D eigenvalue weighted by atomic mass is 10.2. The molecule has 0 radical (unpaired) electrons. The van der Waals surface area contributed by atoms with Gasteiger partial charge in [0, 0.05) is 11.5 Å². The number of aromatic amines is 1. The number of para-hydroxylation sites is 1. The van der Waals surface area contributed by atoms with Crippen LogP contribution in [0, 0.1) is 13.8 Å². The molecule has 0 atom stereocenters. The highest BCUT2D eigenvalue weighted by atomic mass is 32.2. The molecule has 0 aliphatic heterocycles. The predicted octanol–water partition coefficient (Wildman–Crippen LogP) is 2.75. The monoisotopic (exact) mass is 359 g/mol. The van der Waals surface area contributed by atoms with Crippen LogP contribution in [0.4, 0.5) is 5.69 Å². The number of sulfonamides is 1. The van der Waals surface area contributed by atoms with Gasteiger partial charge in [0.25, 0.3) is 10.0 Å². The number of rotatable bonds is 5. The Labute approximate surface area is 144 Å². The van der Waals surface area contributed by atoms with Crippen LogP contribution < -0.4 is 4.72 Å². The average molecular weight is 359 g/mol. The quantitative estimate of drug-likeness (QED) is 0.724. The Bertz CT molecular complexity index is 1010. The zero-order valence-corrected chi connectivity index (χ0v) is 14.6. The number of H-pyrrole nitrogens is 1. The Morgan fingerprint density at radius 3 is 2.68 bits per heavy atom. The van der Waals surface area contributed by atoms with Crippen molar-refractivity contribution in [2.24, 2.45) is 0 Å². The Hall–Kier alpha value is -2.68. The number of nitrogens with one attached hydrogen (secondary N) is 2. The van der Waals surface area contributed by atoms with E-state index in [-0.39, 0.29) is 10.7 Å². The van der Waals surface area contributed by atoms with E-state index >= 15 is 0 Å². The third-order valence-electron chi connectivity index (χ3n) is 4.12. The van der Waals surface area contributed by atoms with Gasteiger partial charge in [-0.15, -0.1) is 0 Å². The van der Waals surface area contributed by atoms with E-state index in [0.717, 1.165) is 18.7 Å². The first-order chi connectivity index (χ1) is 12.0. The van der Waals surface area contributed by atoms with Gasteiger partial charge in [0.2, 0.25) is 0 Å². The lowest BCUT2D eigenvalue weighted by Gasteiger charge is -2.10. The largest absolute Gasteiger partial charge is 0.360 e. The fourth-order valence-electron chi connectivity index (χ4n) is 2.76. The molecule has 0 spiro atoms. The van der Waals surface area contributed by atoms with Gasteiger partial charge in [-0.25, -0.2) is 13.4 Å². The summed E-state index contributed by atoms with van der Waals surface area (Å²) in [6.07, 6.45) is 2.21. The van der Waals surface area contributed by atoms with E-state index < -0.39 is 10.0 Å². The number of aryl methyl sites for hydroxylation is 2. The number of hydrogen-bond acceptors (Lipinski definition) is 6. The number of aromatic nitrogens is 4. The van der Waals surface area contributed by atoms with Crippen LogP contribution in [0.15, 0.2) is 33.7 Å². The summed E-state index contributed by atoms with van der Waals surface area (Å²) in [5, 5.41) is 10.9. The molecular weight excluding hydrogens is 342 g/mol. The number of anilines is 1. The fraction of sp³-hybridized carbons (Fsp3) is 0.312. The van der Waals surface area contributed by atoms with Crippen molar-refractivity contribution < 1.29 is 12.9 Å². The van der Waals surface area contributed by atoms with Gasteiger partial charge >= 0.3 is 0 Å². The molecule has 0 saturated heterocycles. The molecule has 0 bridgehead atoms. The van der Waals surface area contributed by atoms with E-state index in [2.05, 4.69) is 25.1 Å². The smallest absolute Gasteiger partial charge is 0.267 e. The van der Waals surface area contributed by atoms with E-state index in [1.807, 2.05) is 6.07 Å². The second kappa shape index (κ2) is 5.69. The molecular formula is C16H17N5O3S. The highest BCUT2D eigenvalue weighted by molar-refractivity contribution is 7.92. The molecule has 1 saturated carbocycles. The molecule has 130 valence electrons. The molecule has 4 rings (SSSR count). The summed E-state index contributed by atoms with van der Waals surface area (Å²) in [6.45, 7) is 3.16. The number of nitrogens with zero attached hydrogens (tertiary/aromatic N) is 3. The van der Waals surface area contributed by atoms with Crippen LogP contribution in [-0.2, 0) is 10.0 Å². The summed E-state index contributed by atoms with van der Waals surface area (Å²) < 4.78 is 33.1. The summed E-state index contributed by atoms with van der Waals surface area (Å²) in [4.78, 5) is 4.55. The van der Waals surface area contributed by atoms with Crippen LogP contribution in [0.25, 0.3) is 11.4 Å². The first-order valence-electron chi connectivity index (χ1n) is 7.93. The lowest BCUT2D eigenvalue weighted by Crippen LogP contribution is -2.15. The molecule has 2 aromatic heterocycles. The maximum Gasteiger partial charge on any atom is 0.267 e. The van der Waals surface area contributed by atoms with E-state index in [0.29, 0.717) is 28.7 Å². The molecule has 0 unspecified atom stereocenters. The van der Waals surface area contributed by atoms with E-state index in [1.165, 1.54) is 0 Å². The topological polar surface area (TPSA) is 114 Å². The van der Waals surface area contributed by atoms with Crippen molar-refractivity contribution in [3.63, 3.8) is 0 Å². The van der Waals surface area contributed by atoms with Gasteiger partial charge in [-0.05, 0) is 38.8 Å². The minimum Gasteiger partial charge on any atom is -0.360 e. The van der Waals surface area contributed by atoms with Gasteiger partial charge in [0.1, 0.15) is 11.5 Å². The van der Waals surface area contributed by atoms with Crippen LogP contribution >= 0.6 is 0 Å². The maximum atomic E-state index is 12.8. The van der Waals surface area contributed by atoms with Crippen LogP contribution in [0.2, 0.25) is 0 Å². The first kappa shape index (κ1) is 15.8. The zero-order valence-electron chi connectivity index (χ0n) is 13.8. The van der Waals surface area contributed by atoms with E-state index in [9.17, 15) is 8.42 Å². The van der Waals surface area contributed by atoms with Crippen LogP contribution in [0.3, 0.4) is 0 Å². The molecule has 1 aromatic carbocycles. The average Bonchev–Trinajstić information content (AvgIpc) is 3.20. The summed E-state index contributed by atoms with van der Waals surface area (Å²) in [5.41, 5.74) is 1.33. The van der Waals surface area contributed by atoms with Crippen molar-refractivity contribution in [1.29, 1.82) is 0 Å². The number of hydrogen-bond donors (Lipinski definition) is 2. The van der Waals surface area contributed by atoms with Gasteiger partial charge in [-0.2, -0.15) is 5.10 Å². The zero-order chi connectivity index (χ0) is 17.6. The molecule has 1 aliphatic carbocycles. The predicted molar refractivity (Wildman–Crippen MR) is 90.6 cm³/mol. The molecule has 9 heteroatoms. The molecule has 0 amide bonds. The molecule has 25 heavy (non-hydrogen) atoms. The SMILES string of the molecule is Cc1noc(C)c1S(=O)(=O)Nc1ccccc1-c1n[nH]c(C2CC2)n1. The number of benzene rings is 1.